The molecule has 33 heavy (non-hydrogen) atoms. The van der Waals surface area contributed by atoms with Gasteiger partial charge in [0, 0.05) is 36.3 Å². The maximum absolute atomic E-state index is 12.7. The third kappa shape index (κ3) is 3.83. The zero-order valence-corrected chi connectivity index (χ0v) is 17.9. The highest BCUT2D eigenvalue weighted by Gasteiger charge is 2.65. The average molecular weight is 452 g/mol. The highest BCUT2D eigenvalue weighted by Crippen LogP contribution is 2.70. The van der Waals surface area contributed by atoms with E-state index >= 15 is 0 Å². The molecule has 3 N–H and O–H groups in total. The first-order valence-electron chi connectivity index (χ1n) is 11.8. The van der Waals surface area contributed by atoms with Gasteiger partial charge in [-0.25, -0.2) is 0 Å². The van der Waals surface area contributed by atoms with E-state index in [0.29, 0.717) is 22.8 Å². The number of carbonyl (C=O) groups excluding carboxylic acids is 2. The fourth-order valence-electron chi connectivity index (χ4n) is 3.95. The van der Waals surface area contributed by atoms with Crippen LogP contribution in [0.4, 0.5) is 17.2 Å². The fraction of sp³-hybridized carbons (Fsp3) is 0.381. The zero-order valence-electron chi connectivity index (χ0n) is 20.9. The van der Waals surface area contributed by atoms with E-state index in [9.17, 15) is 9.59 Å². The lowest BCUT2D eigenvalue weighted by atomic mass is 10.2. The minimum atomic E-state index is -2.74. The van der Waals surface area contributed by atoms with Crippen molar-refractivity contribution in [2.45, 2.75) is 19.3 Å². The first-order valence-corrected chi connectivity index (χ1v) is 10.3. The first-order chi connectivity index (χ1) is 17.1. The molecule has 0 unspecified atom stereocenters. The monoisotopic (exact) mass is 452 g/mol. The van der Waals surface area contributed by atoms with Gasteiger partial charge < -0.3 is 20.7 Å². The Hall–Kier alpha value is -4.09. The van der Waals surface area contributed by atoms with Crippen molar-refractivity contribution in [3.8, 4) is 17.1 Å². The van der Waals surface area contributed by atoms with Crippen LogP contribution < -0.4 is 20.7 Å². The smallest absolute Gasteiger partial charge is 0.273 e. The second kappa shape index (κ2) is 7.80. The van der Waals surface area contributed by atoms with E-state index in [4.69, 9.17) is 8.85 Å². The minimum absolute atomic E-state index is 0.0518. The van der Waals surface area contributed by atoms with Crippen LogP contribution in [0.1, 0.15) is 33.9 Å². The van der Waals surface area contributed by atoms with Crippen LogP contribution in [0.3, 0.4) is 0 Å². The summed E-state index contributed by atoms with van der Waals surface area (Å²) in [5.41, 5.74) is 1.21. The normalized spacial score (nSPS) is 19.1. The molecule has 2 amide bonds. The van der Waals surface area contributed by atoms with Gasteiger partial charge in [-0.15, -0.1) is 10.2 Å². The molecule has 0 radical (unpaired) electrons. The Morgan fingerprint density at radius 2 is 2.15 bits per heavy atom. The summed E-state index contributed by atoms with van der Waals surface area (Å²) in [5, 5.41) is 23.8. The van der Waals surface area contributed by atoms with Gasteiger partial charge in [0.05, 0.1) is 24.7 Å². The molecule has 2 aliphatic carbocycles. The Kier molecular flexibility index (Phi) is 4.13. The van der Waals surface area contributed by atoms with Crippen molar-refractivity contribution in [3.63, 3.8) is 0 Å². The van der Waals surface area contributed by atoms with Crippen molar-refractivity contribution in [1.82, 2.24) is 35.5 Å². The molecule has 5 rings (SSSR count). The number of amides is 2. The summed E-state index contributed by atoms with van der Waals surface area (Å²) in [7, 11) is 3.11. The van der Waals surface area contributed by atoms with Crippen LogP contribution in [0.15, 0.2) is 24.5 Å². The van der Waals surface area contributed by atoms with Crippen molar-refractivity contribution in [2.24, 2.45) is 18.4 Å². The molecular formula is C21H23N9O3. The van der Waals surface area contributed by atoms with E-state index in [0.717, 1.165) is 19.3 Å². The van der Waals surface area contributed by atoms with Gasteiger partial charge in [0.1, 0.15) is 11.4 Å². The van der Waals surface area contributed by atoms with E-state index in [-0.39, 0.29) is 34.4 Å². The van der Waals surface area contributed by atoms with Gasteiger partial charge >= 0.3 is 0 Å². The zero-order chi connectivity index (χ0) is 25.7. The number of carbonyl (C=O) groups is 2. The molecule has 2 aliphatic rings. The lowest BCUT2D eigenvalue weighted by Gasteiger charge is -2.15. The van der Waals surface area contributed by atoms with Crippen molar-refractivity contribution < 1.29 is 18.4 Å². The maximum Gasteiger partial charge on any atom is 0.273 e. The molecule has 3 aromatic heterocycles. The van der Waals surface area contributed by atoms with Crippen molar-refractivity contribution >= 4 is 29.0 Å². The van der Waals surface area contributed by atoms with Crippen LogP contribution in [-0.2, 0) is 11.8 Å². The Balaban J connectivity index is 1.48. The first kappa shape index (κ1) is 17.5. The van der Waals surface area contributed by atoms with Crippen LogP contribution in [0.2, 0.25) is 0 Å². The molecular weight excluding hydrogens is 426 g/mol. The molecule has 2 fully saturated rings. The number of aryl methyl sites for hydroxylation is 1. The summed E-state index contributed by atoms with van der Waals surface area (Å²) in [4.78, 5) is 31.0. The summed E-state index contributed by atoms with van der Waals surface area (Å²) < 4.78 is 27.6. The van der Waals surface area contributed by atoms with E-state index in [1.165, 1.54) is 30.4 Å². The molecule has 0 bridgehead atoms. The largest absolute Gasteiger partial charge is 0.492 e. The average Bonchev–Trinajstić information content (AvgIpc) is 3.71. The Bertz CT molecular complexity index is 1350. The molecule has 3 heterocycles. The molecule has 0 saturated heterocycles. The van der Waals surface area contributed by atoms with Crippen LogP contribution in [-0.4, -0.2) is 56.1 Å². The third-order valence-corrected chi connectivity index (χ3v) is 5.99. The van der Waals surface area contributed by atoms with Gasteiger partial charge in [-0.2, -0.15) is 15.0 Å². The number of rotatable bonds is 7. The molecule has 12 heteroatoms. The molecule has 0 aliphatic heterocycles. The fourth-order valence-corrected chi connectivity index (χ4v) is 3.95. The number of ether oxygens (including phenoxy) is 1. The van der Waals surface area contributed by atoms with E-state index in [1.807, 2.05) is 5.32 Å². The molecule has 1 atom stereocenters. The van der Waals surface area contributed by atoms with Crippen molar-refractivity contribution in [1.29, 1.82) is 0 Å². The molecule has 170 valence electrons. The lowest BCUT2D eigenvalue weighted by Crippen LogP contribution is -2.22. The van der Waals surface area contributed by atoms with Crippen LogP contribution in [0.25, 0.3) is 11.4 Å². The number of anilines is 3. The molecule has 1 spiro atoms. The van der Waals surface area contributed by atoms with Gasteiger partial charge in [-0.05, 0) is 30.7 Å². The highest BCUT2D eigenvalue weighted by atomic mass is 16.5. The van der Waals surface area contributed by atoms with Crippen LogP contribution in [0, 0.1) is 11.3 Å². The molecule has 2 saturated carbocycles. The standard InChI is InChI=1S/C21H23N9O3/c1-22-20(32)17-13(8-15(27-28-17)26-19(31)11-9-21(11)5-6-21)25-12-4-7-23-16(18(12)33-3)14-10-24-30(2)29-14/h4,7-8,10-11H,5-6,9H2,1-3H3,(H,22,32)(H2,23,25,26,27,31)/t11-/m0/s1/i1D3. The van der Waals surface area contributed by atoms with Crippen molar-refractivity contribution in [3.05, 3.63) is 30.2 Å². The molecule has 0 aromatic carbocycles. The third-order valence-electron chi connectivity index (χ3n) is 5.99. The van der Waals surface area contributed by atoms with Crippen molar-refractivity contribution in [2.75, 3.05) is 24.7 Å². The minimum Gasteiger partial charge on any atom is -0.492 e. The second-order valence-corrected chi connectivity index (χ2v) is 8.14. The number of pyridine rings is 1. The van der Waals surface area contributed by atoms with Gasteiger partial charge in [0.2, 0.25) is 5.91 Å². The predicted molar refractivity (Wildman–Crippen MR) is 118 cm³/mol. The summed E-state index contributed by atoms with van der Waals surface area (Å²) in [6.45, 7) is -2.74. The van der Waals surface area contributed by atoms with Crippen LogP contribution >= 0.6 is 0 Å². The quantitative estimate of drug-likeness (QED) is 0.485. The SMILES string of the molecule is [2H]C([2H])([2H])NC(=O)c1nnc(NC(=O)[C@@H]2CC23CC3)cc1Nc1ccnc(-c2cnn(C)n2)c1OC. The number of nitrogens with one attached hydrogen (secondary N) is 3. The van der Waals surface area contributed by atoms with Gasteiger partial charge in [-0.1, -0.05) is 0 Å². The van der Waals surface area contributed by atoms with Crippen LogP contribution in [0.5, 0.6) is 5.75 Å². The molecule has 3 aromatic rings. The number of methoxy groups -OCH3 is 1. The summed E-state index contributed by atoms with van der Waals surface area (Å²) >= 11 is 0. The van der Waals surface area contributed by atoms with Gasteiger partial charge in [0.25, 0.3) is 5.91 Å². The second-order valence-electron chi connectivity index (χ2n) is 8.14. The Morgan fingerprint density at radius 1 is 1.30 bits per heavy atom. The number of hydrogen-bond donors (Lipinski definition) is 3. The van der Waals surface area contributed by atoms with E-state index in [2.05, 4.69) is 36.0 Å². The summed E-state index contributed by atoms with van der Waals surface area (Å²) in [6, 6.07) is 3.02. The van der Waals surface area contributed by atoms with E-state index < -0.39 is 12.9 Å². The number of nitrogens with zero attached hydrogens (tertiary/aromatic N) is 6. The maximum atomic E-state index is 12.7. The summed E-state index contributed by atoms with van der Waals surface area (Å²) in [6.07, 6.45) is 5.99. The topological polar surface area (TPSA) is 149 Å². The van der Waals surface area contributed by atoms with Gasteiger partial charge in [-0.3, -0.25) is 14.6 Å². The number of aromatic nitrogens is 6. The number of hydrogen-bond acceptors (Lipinski definition) is 9. The van der Waals surface area contributed by atoms with E-state index in [1.54, 1.807) is 13.1 Å². The lowest BCUT2D eigenvalue weighted by molar-refractivity contribution is -0.117. The highest BCUT2D eigenvalue weighted by molar-refractivity contribution is 6.00. The predicted octanol–water partition coefficient (Wildman–Crippen LogP) is 1.52. The molecule has 12 nitrogen and oxygen atoms in total. The summed E-state index contributed by atoms with van der Waals surface area (Å²) in [5.74, 6) is -0.749. The Morgan fingerprint density at radius 3 is 2.82 bits per heavy atom. The van der Waals surface area contributed by atoms with Gasteiger partial charge in [0.15, 0.2) is 17.3 Å². The Labute approximate surface area is 193 Å².